The molecule has 3 amide bonds. The molecule has 2 heterocycles. The lowest BCUT2D eigenvalue weighted by molar-refractivity contribution is -0.129. The predicted molar refractivity (Wildman–Crippen MR) is 98.7 cm³/mol. The molecule has 3 aliphatic rings. The van der Waals surface area contributed by atoms with Crippen LogP contribution < -0.4 is 10.6 Å². The Hall–Kier alpha value is -2.08. The quantitative estimate of drug-likeness (QED) is 0.870. The highest BCUT2D eigenvalue weighted by atomic mass is 16.5. The molecule has 2 saturated heterocycles. The number of likely N-dealkylation sites (tertiary alicyclic amines) is 1. The monoisotopic (exact) mass is 357 g/mol. The normalized spacial score (nSPS) is 24.5. The van der Waals surface area contributed by atoms with Gasteiger partial charge in [0.2, 0.25) is 5.91 Å². The van der Waals surface area contributed by atoms with Crippen molar-refractivity contribution in [2.45, 2.75) is 25.7 Å². The minimum atomic E-state index is -0.153. The second-order valence-corrected chi connectivity index (χ2v) is 7.89. The van der Waals surface area contributed by atoms with Crippen molar-refractivity contribution in [2.24, 2.45) is 17.3 Å². The lowest BCUT2D eigenvalue weighted by atomic mass is 9.72. The number of anilines is 1. The molecule has 1 aromatic carbocycles. The van der Waals surface area contributed by atoms with E-state index in [0.29, 0.717) is 32.2 Å². The maximum absolute atomic E-state index is 12.9. The first-order valence-electron chi connectivity index (χ1n) is 9.63. The number of carbonyl (C=O) groups excluding carboxylic acids is 2. The van der Waals surface area contributed by atoms with Crippen molar-refractivity contribution in [3.8, 4) is 0 Å². The van der Waals surface area contributed by atoms with Crippen LogP contribution in [0.15, 0.2) is 30.3 Å². The molecule has 3 fully saturated rings. The first kappa shape index (κ1) is 17.3. The van der Waals surface area contributed by atoms with Gasteiger partial charge in [0.05, 0.1) is 5.92 Å². The van der Waals surface area contributed by atoms with Crippen molar-refractivity contribution >= 4 is 17.6 Å². The zero-order valence-corrected chi connectivity index (χ0v) is 15.1. The number of hydrogen-bond acceptors (Lipinski definition) is 3. The predicted octanol–water partition coefficient (Wildman–Crippen LogP) is 2.47. The van der Waals surface area contributed by atoms with Gasteiger partial charge in [0.25, 0.3) is 0 Å². The van der Waals surface area contributed by atoms with Gasteiger partial charge in [-0.3, -0.25) is 4.79 Å². The Labute approximate surface area is 154 Å². The van der Waals surface area contributed by atoms with Gasteiger partial charge in [0, 0.05) is 44.0 Å². The van der Waals surface area contributed by atoms with E-state index >= 15 is 0 Å². The molecule has 1 atom stereocenters. The molecular formula is C20H27N3O3. The zero-order valence-electron chi connectivity index (χ0n) is 15.1. The Morgan fingerprint density at radius 2 is 1.88 bits per heavy atom. The van der Waals surface area contributed by atoms with Gasteiger partial charge in [-0.1, -0.05) is 18.2 Å². The Morgan fingerprint density at radius 3 is 2.58 bits per heavy atom. The molecule has 1 saturated carbocycles. The lowest BCUT2D eigenvalue weighted by Gasteiger charge is -2.37. The summed E-state index contributed by atoms with van der Waals surface area (Å²) in [6.45, 7) is 3.21. The number of nitrogens with zero attached hydrogens (tertiary/aromatic N) is 1. The van der Waals surface area contributed by atoms with Crippen LogP contribution in [-0.4, -0.2) is 49.7 Å². The average Bonchev–Trinajstić information content (AvgIpc) is 3.42. The summed E-state index contributed by atoms with van der Waals surface area (Å²) in [6.07, 6.45) is 4.11. The SMILES string of the molecule is O=C(NCC1CC1)[C@@H]1CN(C(=O)Nc2ccccc2)CC12CCOCC2. The van der Waals surface area contributed by atoms with Crippen LogP contribution in [0.1, 0.15) is 25.7 Å². The molecule has 1 aromatic rings. The fourth-order valence-corrected chi connectivity index (χ4v) is 4.18. The molecule has 4 rings (SSSR count). The van der Waals surface area contributed by atoms with Gasteiger partial charge in [0.1, 0.15) is 0 Å². The van der Waals surface area contributed by atoms with Gasteiger partial charge in [0.15, 0.2) is 0 Å². The molecule has 26 heavy (non-hydrogen) atoms. The zero-order chi connectivity index (χ0) is 18.0. The van der Waals surface area contributed by atoms with Crippen LogP contribution in [0.5, 0.6) is 0 Å². The maximum atomic E-state index is 12.9. The highest BCUT2D eigenvalue weighted by Gasteiger charge is 2.51. The first-order valence-corrected chi connectivity index (χ1v) is 9.63. The molecule has 0 bridgehead atoms. The van der Waals surface area contributed by atoms with Crippen LogP contribution in [0.4, 0.5) is 10.5 Å². The molecule has 140 valence electrons. The summed E-state index contributed by atoms with van der Waals surface area (Å²) in [6, 6.07) is 9.33. The number of rotatable bonds is 4. The summed E-state index contributed by atoms with van der Waals surface area (Å²) in [5, 5.41) is 6.08. The first-order chi connectivity index (χ1) is 12.7. The summed E-state index contributed by atoms with van der Waals surface area (Å²) in [5.74, 6) is 0.615. The van der Waals surface area contributed by atoms with E-state index in [0.717, 1.165) is 25.1 Å². The molecular weight excluding hydrogens is 330 g/mol. The van der Waals surface area contributed by atoms with Gasteiger partial charge in [-0.25, -0.2) is 4.79 Å². The highest BCUT2D eigenvalue weighted by molar-refractivity contribution is 5.90. The number of carbonyl (C=O) groups is 2. The molecule has 2 aliphatic heterocycles. The fourth-order valence-electron chi connectivity index (χ4n) is 4.18. The third-order valence-corrected chi connectivity index (χ3v) is 6.03. The average molecular weight is 357 g/mol. The Bertz CT molecular complexity index is 654. The summed E-state index contributed by atoms with van der Waals surface area (Å²) >= 11 is 0. The van der Waals surface area contributed by atoms with E-state index in [1.54, 1.807) is 4.90 Å². The van der Waals surface area contributed by atoms with Crippen molar-refractivity contribution in [3.63, 3.8) is 0 Å². The van der Waals surface area contributed by atoms with Crippen LogP contribution in [0, 0.1) is 17.3 Å². The van der Waals surface area contributed by atoms with E-state index < -0.39 is 0 Å². The Balaban J connectivity index is 1.45. The van der Waals surface area contributed by atoms with Gasteiger partial charge < -0.3 is 20.3 Å². The third-order valence-electron chi connectivity index (χ3n) is 6.03. The van der Waals surface area contributed by atoms with Crippen molar-refractivity contribution < 1.29 is 14.3 Å². The van der Waals surface area contributed by atoms with E-state index in [-0.39, 0.29) is 23.3 Å². The summed E-state index contributed by atoms with van der Waals surface area (Å²) in [7, 11) is 0. The van der Waals surface area contributed by atoms with Gasteiger partial charge in [-0.05, 0) is 43.7 Å². The molecule has 2 N–H and O–H groups in total. The standard InChI is InChI=1S/C20H27N3O3/c24-18(21-12-15-6-7-15)17-13-23(14-20(17)8-10-26-11-9-20)19(25)22-16-4-2-1-3-5-16/h1-5,15,17H,6-14H2,(H,21,24)(H,22,25)/t17-/m0/s1. The number of para-hydroxylation sites is 1. The minimum absolute atomic E-state index is 0.105. The second-order valence-electron chi connectivity index (χ2n) is 7.89. The number of amides is 3. The van der Waals surface area contributed by atoms with Crippen molar-refractivity contribution in [2.75, 3.05) is 38.2 Å². The number of ether oxygens (including phenoxy) is 1. The summed E-state index contributed by atoms with van der Waals surface area (Å²) in [4.78, 5) is 27.4. The number of urea groups is 1. The Kier molecular flexibility index (Phi) is 4.85. The van der Waals surface area contributed by atoms with Crippen LogP contribution >= 0.6 is 0 Å². The van der Waals surface area contributed by atoms with Crippen LogP contribution in [0.2, 0.25) is 0 Å². The number of hydrogen-bond donors (Lipinski definition) is 2. The minimum Gasteiger partial charge on any atom is -0.381 e. The highest BCUT2D eigenvalue weighted by Crippen LogP contribution is 2.44. The van der Waals surface area contributed by atoms with E-state index in [1.165, 1.54) is 12.8 Å². The van der Waals surface area contributed by atoms with Gasteiger partial charge >= 0.3 is 6.03 Å². The molecule has 0 radical (unpaired) electrons. The van der Waals surface area contributed by atoms with Crippen LogP contribution in [0.3, 0.4) is 0 Å². The maximum Gasteiger partial charge on any atom is 0.321 e. The summed E-state index contributed by atoms with van der Waals surface area (Å²) < 4.78 is 5.53. The van der Waals surface area contributed by atoms with E-state index in [2.05, 4.69) is 10.6 Å². The lowest BCUT2D eigenvalue weighted by Crippen LogP contribution is -2.44. The number of benzene rings is 1. The van der Waals surface area contributed by atoms with Crippen molar-refractivity contribution in [1.82, 2.24) is 10.2 Å². The third kappa shape index (κ3) is 3.70. The fraction of sp³-hybridized carbons (Fsp3) is 0.600. The van der Waals surface area contributed by atoms with Crippen molar-refractivity contribution in [3.05, 3.63) is 30.3 Å². The molecule has 0 aromatic heterocycles. The molecule has 6 heteroatoms. The van der Waals surface area contributed by atoms with Gasteiger partial charge in [-0.15, -0.1) is 0 Å². The Morgan fingerprint density at radius 1 is 1.15 bits per heavy atom. The van der Waals surface area contributed by atoms with E-state index in [4.69, 9.17) is 4.74 Å². The molecule has 0 unspecified atom stereocenters. The molecule has 1 spiro atoms. The van der Waals surface area contributed by atoms with Crippen LogP contribution in [0.25, 0.3) is 0 Å². The molecule has 6 nitrogen and oxygen atoms in total. The van der Waals surface area contributed by atoms with E-state index in [9.17, 15) is 9.59 Å². The number of nitrogens with one attached hydrogen (secondary N) is 2. The van der Waals surface area contributed by atoms with E-state index in [1.807, 2.05) is 30.3 Å². The topological polar surface area (TPSA) is 70.7 Å². The second kappa shape index (κ2) is 7.27. The van der Waals surface area contributed by atoms with Crippen molar-refractivity contribution in [1.29, 1.82) is 0 Å². The van der Waals surface area contributed by atoms with Crippen LogP contribution in [-0.2, 0) is 9.53 Å². The largest absolute Gasteiger partial charge is 0.381 e. The molecule has 1 aliphatic carbocycles. The smallest absolute Gasteiger partial charge is 0.321 e. The summed E-state index contributed by atoms with van der Waals surface area (Å²) in [5.41, 5.74) is 0.625. The van der Waals surface area contributed by atoms with Gasteiger partial charge in [-0.2, -0.15) is 0 Å².